The standard InChI is InChI=1S/C40H40O7/c41-35-24-14-13-23-34(35)40(42)39(46-28-33-21-11-4-12-22-33)38(45-27-32-19-9-3-10-20-32)37(44-26-31-17-7-2-8-18-31)36(47-40)29-43-25-30-15-5-1-6-16-30/h1-24,36-39,41-42H,25-29H2/t36-,37-,38+,39-,40+/m1/s1. The molecule has 0 unspecified atom stereocenters. The van der Waals surface area contributed by atoms with Gasteiger partial charge < -0.3 is 33.9 Å². The van der Waals surface area contributed by atoms with E-state index in [9.17, 15) is 10.2 Å². The summed E-state index contributed by atoms with van der Waals surface area (Å²) < 4.78 is 32.7. The minimum absolute atomic E-state index is 0.0842. The Balaban J connectivity index is 1.38. The molecule has 1 aliphatic rings. The smallest absolute Gasteiger partial charge is 0.226 e. The molecular formula is C40H40O7. The second-order valence-electron chi connectivity index (χ2n) is 11.6. The van der Waals surface area contributed by atoms with Crippen molar-refractivity contribution in [3.05, 3.63) is 173 Å². The third-order valence-corrected chi connectivity index (χ3v) is 8.23. The van der Waals surface area contributed by atoms with E-state index in [2.05, 4.69) is 0 Å². The van der Waals surface area contributed by atoms with Crippen LogP contribution in [0.1, 0.15) is 27.8 Å². The SMILES string of the molecule is Oc1ccccc1[C@]1(O)O[C@H](COCc2ccccc2)[C@@H](OCc2ccccc2)[C@H](OCc2ccccc2)[C@H]1OCc1ccccc1. The van der Waals surface area contributed by atoms with Gasteiger partial charge in [-0.25, -0.2) is 0 Å². The molecule has 1 heterocycles. The minimum atomic E-state index is -2.12. The summed E-state index contributed by atoms with van der Waals surface area (Å²) in [5.74, 6) is -2.24. The first-order valence-corrected chi connectivity index (χ1v) is 15.9. The molecule has 47 heavy (non-hydrogen) atoms. The second-order valence-corrected chi connectivity index (χ2v) is 11.6. The average molecular weight is 633 g/mol. The molecule has 1 saturated heterocycles. The fourth-order valence-corrected chi connectivity index (χ4v) is 5.85. The number of hydrogen-bond acceptors (Lipinski definition) is 7. The summed E-state index contributed by atoms with van der Waals surface area (Å²) in [6.45, 7) is 1.09. The number of para-hydroxylation sites is 1. The number of phenols is 1. The van der Waals surface area contributed by atoms with Gasteiger partial charge in [0, 0.05) is 0 Å². The molecule has 5 atom stereocenters. The Labute approximate surface area is 275 Å². The van der Waals surface area contributed by atoms with Crippen LogP contribution in [0.5, 0.6) is 5.75 Å². The number of phenolic OH excluding ortho intramolecular Hbond substituents is 1. The van der Waals surface area contributed by atoms with Crippen molar-refractivity contribution in [2.75, 3.05) is 6.61 Å². The second kappa shape index (κ2) is 16.0. The number of aliphatic hydroxyl groups is 1. The number of ether oxygens (including phenoxy) is 5. The number of hydrogen-bond donors (Lipinski definition) is 2. The third kappa shape index (κ3) is 8.34. The van der Waals surface area contributed by atoms with Crippen LogP contribution in [0.25, 0.3) is 0 Å². The number of rotatable bonds is 14. The van der Waals surface area contributed by atoms with Crippen molar-refractivity contribution in [2.45, 2.75) is 56.6 Å². The summed E-state index contributed by atoms with van der Waals surface area (Å²) in [7, 11) is 0. The van der Waals surface area contributed by atoms with Crippen LogP contribution >= 0.6 is 0 Å². The van der Waals surface area contributed by atoms with Crippen LogP contribution in [0.15, 0.2) is 146 Å². The molecule has 7 nitrogen and oxygen atoms in total. The number of benzene rings is 5. The predicted molar refractivity (Wildman–Crippen MR) is 178 cm³/mol. The van der Waals surface area contributed by atoms with Crippen molar-refractivity contribution >= 4 is 0 Å². The van der Waals surface area contributed by atoms with Crippen molar-refractivity contribution < 1.29 is 33.9 Å². The summed E-state index contributed by atoms with van der Waals surface area (Å²) in [4.78, 5) is 0. The maximum absolute atomic E-state index is 12.6. The maximum Gasteiger partial charge on any atom is 0.226 e. The van der Waals surface area contributed by atoms with E-state index in [0.717, 1.165) is 22.3 Å². The van der Waals surface area contributed by atoms with Gasteiger partial charge in [0.15, 0.2) is 0 Å². The van der Waals surface area contributed by atoms with Gasteiger partial charge in [-0.2, -0.15) is 0 Å². The Morgan fingerprint density at radius 3 is 1.45 bits per heavy atom. The summed E-state index contributed by atoms with van der Waals surface area (Å²) >= 11 is 0. The molecule has 0 saturated carbocycles. The topological polar surface area (TPSA) is 86.6 Å². The molecule has 5 aromatic rings. The highest BCUT2D eigenvalue weighted by atomic mass is 16.7. The lowest BCUT2D eigenvalue weighted by atomic mass is 9.87. The van der Waals surface area contributed by atoms with Gasteiger partial charge in [-0.05, 0) is 34.4 Å². The van der Waals surface area contributed by atoms with Gasteiger partial charge in [-0.15, -0.1) is 0 Å². The first-order chi connectivity index (χ1) is 23.1. The molecule has 0 spiro atoms. The van der Waals surface area contributed by atoms with Gasteiger partial charge in [-0.1, -0.05) is 133 Å². The van der Waals surface area contributed by atoms with Crippen molar-refractivity contribution in [3.63, 3.8) is 0 Å². The molecule has 7 heteroatoms. The fraction of sp³-hybridized carbons (Fsp3) is 0.250. The summed E-state index contributed by atoms with van der Waals surface area (Å²) in [6, 6.07) is 45.8. The van der Waals surface area contributed by atoms with E-state index >= 15 is 0 Å². The highest BCUT2D eigenvalue weighted by Gasteiger charge is 2.58. The lowest BCUT2D eigenvalue weighted by Crippen LogP contribution is -2.65. The molecule has 0 bridgehead atoms. The molecular weight excluding hydrogens is 592 g/mol. The van der Waals surface area contributed by atoms with Gasteiger partial charge in [0.2, 0.25) is 5.79 Å². The Kier molecular flexibility index (Phi) is 11.1. The van der Waals surface area contributed by atoms with E-state index < -0.39 is 30.2 Å². The van der Waals surface area contributed by atoms with Crippen LogP contribution in [0.3, 0.4) is 0 Å². The van der Waals surface area contributed by atoms with Crippen LogP contribution in [0, 0.1) is 0 Å². The first kappa shape index (κ1) is 32.6. The molecule has 0 aliphatic carbocycles. The zero-order chi connectivity index (χ0) is 32.3. The van der Waals surface area contributed by atoms with E-state index in [0.29, 0.717) is 6.61 Å². The average Bonchev–Trinajstić information content (AvgIpc) is 3.12. The minimum Gasteiger partial charge on any atom is -0.507 e. The quantitative estimate of drug-likeness (QED) is 0.138. The summed E-state index contributed by atoms with van der Waals surface area (Å²) in [6.07, 6.45) is -3.47. The van der Waals surface area contributed by atoms with Gasteiger partial charge in [0.1, 0.15) is 30.2 Å². The van der Waals surface area contributed by atoms with Crippen molar-refractivity contribution in [1.82, 2.24) is 0 Å². The predicted octanol–water partition coefficient (Wildman–Crippen LogP) is 6.91. The Morgan fingerprint density at radius 2 is 0.936 bits per heavy atom. The van der Waals surface area contributed by atoms with Crippen LogP contribution in [-0.4, -0.2) is 41.2 Å². The van der Waals surface area contributed by atoms with Crippen LogP contribution in [0.2, 0.25) is 0 Å². The summed E-state index contributed by atoms with van der Waals surface area (Å²) in [5.41, 5.74) is 4.00. The fourth-order valence-electron chi connectivity index (χ4n) is 5.85. The van der Waals surface area contributed by atoms with Gasteiger partial charge in [-0.3, -0.25) is 0 Å². The number of aromatic hydroxyl groups is 1. The Morgan fingerprint density at radius 1 is 0.511 bits per heavy atom. The monoisotopic (exact) mass is 632 g/mol. The zero-order valence-electron chi connectivity index (χ0n) is 26.1. The third-order valence-electron chi connectivity index (χ3n) is 8.23. The molecule has 242 valence electrons. The molecule has 6 rings (SSSR count). The molecule has 0 amide bonds. The van der Waals surface area contributed by atoms with Crippen LogP contribution in [-0.2, 0) is 55.9 Å². The molecule has 5 aromatic carbocycles. The molecule has 2 N–H and O–H groups in total. The van der Waals surface area contributed by atoms with Gasteiger partial charge in [0.25, 0.3) is 0 Å². The van der Waals surface area contributed by atoms with E-state index in [-0.39, 0.29) is 37.7 Å². The van der Waals surface area contributed by atoms with Crippen molar-refractivity contribution in [3.8, 4) is 5.75 Å². The molecule has 1 fully saturated rings. The molecule has 1 aliphatic heterocycles. The molecule has 0 radical (unpaired) electrons. The van der Waals surface area contributed by atoms with E-state index in [1.165, 1.54) is 6.07 Å². The van der Waals surface area contributed by atoms with Crippen LogP contribution in [0.4, 0.5) is 0 Å². The lowest BCUT2D eigenvalue weighted by molar-refractivity contribution is -0.379. The maximum atomic E-state index is 12.6. The highest BCUT2D eigenvalue weighted by Crippen LogP contribution is 2.44. The van der Waals surface area contributed by atoms with E-state index in [4.69, 9.17) is 23.7 Å². The van der Waals surface area contributed by atoms with Crippen LogP contribution < -0.4 is 0 Å². The Hall–Kier alpha value is -4.34. The lowest BCUT2D eigenvalue weighted by Gasteiger charge is -2.50. The van der Waals surface area contributed by atoms with Gasteiger partial charge in [0.05, 0.1) is 38.6 Å². The highest BCUT2D eigenvalue weighted by molar-refractivity contribution is 5.37. The first-order valence-electron chi connectivity index (χ1n) is 15.9. The Bertz CT molecular complexity index is 1640. The van der Waals surface area contributed by atoms with E-state index in [1.807, 2.05) is 121 Å². The normalized spacial score (nSPS) is 22.6. The zero-order valence-corrected chi connectivity index (χ0v) is 26.1. The largest absolute Gasteiger partial charge is 0.507 e. The summed E-state index contributed by atoms with van der Waals surface area (Å²) in [5, 5.41) is 23.7. The van der Waals surface area contributed by atoms with Gasteiger partial charge >= 0.3 is 0 Å². The van der Waals surface area contributed by atoms with E-state index in [1.54, 1.807) is 18.2 Å². The van der Waals surface area contributed by atoms with Crippen molar-refractivity contribution in [1.29, 1.82) is 0 Å². The molecule has 0 aromatic heterocycles. The van der Waals surface area contributed by atoms with Crippen molar-refractivity contribution in [2.24, 2.45) is 0 Å².